The van der Waals surface area contributed by atoms with Gasteiger partial charge in [0, 0.05) is 31.6 Å². The maximum Gasteiger partial charge on any atom is 0.244 e. The van der Waals surface area contributed by atoms with Crippen molar-refractivity contribution >= 4 is 11.9 Å². The summed E-state index contributed by atoms with van der Waals surface area (Å²) in [6.45, 7) is 8.49. The molecule has 31 heavy (non-hydrogen) atoms. The van der Waals surface area contributed by atoms with Crippen molar-refractivity contribution in [2.45, 2.75) is 51.8 Å². The molecule has 164 valence electrons. The van der Waals surface area contributed by atoms with Crippen molar-refractivity contribution < 1.29 is 9.53 Å². The Morgan fingerprint density at radius 2 is 1.90 bits per heavy atom. The minimum Gasteiger partial charge on any atom is -0.487 e. The van der Waals surface area contributed by atoms with E-state index in [-0.39, 0.29) is 24.1 Å². The van der Waals surface area contributed by atoms with Gasteiger partial charge in [0.25, 0.3) is 0 Å². The van der Waals surface area contributed by atoms with Crippen molar-refractivity contribution in [3.05, 3.63) is 65.2 Å². The molecule has 0 spiro atoms. The van der Waals surface area contributed by atoms with E-state index in [2.05, 4.69) is 53.7 Å². The molecule has 2 N–H and O–H groups in total. The van der Waals surface area contributed by atoms with Crippen molar-refractivity contribution in [1.82, 2.24) is 15.5 Å². The number of ether oxygens (including phenoxy) is 1. The predicted molar refractivity (Wildman–Crippen MR) is 123 cm³/mol. The Kier molecular flexibility index (Phi) is 6.16. The molecule has 1 unspecified atom stereocenters. The van der Waals surface area contributed by atoms with Crippen molar-refractivity contribution in [3.8, 4) is 5.75 Å². The summed E-state index contributed by atoms with van der Waals surface area (Å²) in [5, 5.41) is 6.82. The van der Waals surface area contributed by atoms with Gasteiger partial charge in [0.05, 0.1) is 6.04 Å². The Morgan fingerprint density at radius 1 is 1.16 bits per heavy atom. The summed E-state index contributed by atoms with van der Waals surface area (Å²) >= 11 is 0. The fourth-order valence-corrected chi connectivity index (χ4v) is 4.37. The summed E-state index contributed by atoms with van der Waals surface area (Å²) in [6, 6.07) is 16.5. The maximum absolute atomic E-state index is 12.9. The SMILES string of the molecule is CCNC(=NCC(=O)N1CCc2ccccc2C1)NC1CC(C)(C)Oc2ccccc21. The minimum atomic E-state index is -0.277. The van der Waals surface area contributed by atoms with E-state index < -0.39 is 0 Å². The van der Waals surface area contributed by atoms with Gasteiger partial charge in [-0.3, -0.25) is 4.79 Å². The highest BCUT2D eigenvalue weighted by atomic mass is 16.5. The van der Waals surface area contributed by atoms with Crippen molar-refractivity contribution in [2.24, 2.45) is 4.99 Å². The zero-order valence-electron chi connectivity index (χ0n) is 18.6. The first-order valence-corrected chi connectivity index (χ1v) is 11.1. The standard InChI is InChI=1S/C25H32N4O2/c1-4-26-24(28-21-15-25(2,3)31-22-12-8-7-11-20(21)22)27-16-23(30)29-14-13-18-9-5-6-10-19(18)17-29/h5-12,21H,4,13-17H2,1-3H3,(H2,26,27,28). The molecule has 4 rings (SSSR count). The van der Waals surface area contributed by atoms with Gasteiger partial charge in [-0.15, -0.1) is 0 Å². The van der Waals surface area contributed by atoms with E-state index in [1.807, 2.05) is 36.1 Å². The van der Waals surface area contributed by atoms with Crippen molar-refractivity contribution in [2.75, 3.05) is 19.6 Å². The molecule has 1 atom stereocenters. The van der Waals surface area contributed by atoms with Crippen LogP contribution in [0.4, 0.5) is 0 Å². The maximum atomic E-state index is 12.9. The highest BCUT2D eigenvalue weighted by molar-refractivity contribution is 5.85. The van der Waals surface area contributed by atoms with Crippen LogP contribution in [0.25, 0.3) is 0 Å². The lowest BCUT2D eigenvalue weighted by Crippen LogP contribution is -2.46. The molecule has 2 aliphatic rings. The number of carbonyl (C=O) groups is 1. The third-order valence-corrected chi connectivity index (χ3v) is 5.89. The number of hydrogen-bond acceptors (Lipinski definition) is 3. The molecular weight excluding hydrogens is 388 g/mol. The van der Waals surface area contributed by atoms with Crippen LogP contribution in [0.15, 0.2) is 53.5 Å². The highest BCUT2D eigenvalue weighted by Gasteiger charge is 2.34. The average molecular weight is 421 g/mol. The van der Waals surface area contributed by atoms with Crippen LogP contribution in [0.5, 0.6) is 5.75 Å². The number of benzene rings is 2. The van der Waals surface area contributed by atoms with E-state index >= 15 is 0 Å². The Labute approximate surface area is 184 Å². The molecule has 0 fully saturated rings. The topological polar surface area (TPSA) is 66.0 Å². The lowest BCUT2D eigenvalue weighted by atomic mass is 9.90. The van der Waals surface area contributed by atoms with E-state index in [4.69, 9.17) is 4.74 Å². The van der Waals surface area contributed by atoms with Crippen LogP contribution in [0, 0.1) is 0 Å². The molecule has 6 nitrogen and oxygen atoms in total. The third-order valence-electron chi connectivity index (χ3n) is 5.89. The van der Waals surface area contributed by atoms with E-state index in [1.165, 1.54) is 11.1 Å². The minimum absolute atomic E-state index is 0.0550. The molecule has 2 aromatic carbocycles. The van der Waals surface area contributed by atoms with Gasteiger partial charge in [-0.25, -0.2) is 4.99 Å². The van der Waals surface area contributed by atoms with Gasteiger partial charge < -0.3 is 20.3 Å². The van der Waals surface area contributed by atoms with Crippen LogP contribution in [-0.2, 0) is 17.8 Å². The number of para-hydroxylation sites is 1. The van der Waals surface area contributed by atoms with Crippen LogP contribution in [0.3, 0.4) is 0 Å². The summed E-state index contributed by atoms with van der Waals surface area (Å²) in [5.41, 5.74) is 3.41. The second-order valence-corrected chi connectivity index (χ2v) is 8.83. The molecule has 0 radical (unpaired) electrons. The monoisotopic (exact) mass is 420 g/mol. The highest BCUT2D eigenvalue weighted by Crippen LogP contribution is 2.39. The molecule has 2 aromatic rings. The van der Waals surface area contributed by atoms with E-state index in [9.17, 15) is 4.79 Å². The predicted octanol–water partition coefficient (Wildman–Crippen LogP) is 3.43. The summed E-state index contributed by atoms with van der Waals surface area (Å²) in [6.07, 6.45) is 1.71. The quantitative estimate of drug-likeness (QED) is 0.588. The Bertz CT molecular complexity index is 969. The largest absolute Gasteiger partial charge is 0.487 e. The van der Waals surface area contributed by atoms with Gasteiger partial charge in [-0.05, 0) is 44.4 Å². The zero-order chi connectivity index (χ0) is 21.8. The molecule has 0 aromatic heterocycles. The van der Waals surface area contributed by atoms with Crippen molar-refractivity contribution in [1.29, 1.82) is 0 Å². The lowest BCUT2D eigenvalue weighted by molar-refractivity contribution is -0.130. The summed E-state index contributed by atoms with van der Waals surface area (Å²) in [5.74, 6) is 1.61. The fourth-order valence-electron chi connectivity index (χ4n) is 4.37. The average Bonchev–Trinajstić information content (AvgIpc) is 2.76. The van der Waals surface area contributed by atoms with Gasteiger partial charge in [0.1, 0.15) is 17.9 Å². The fraction of sp³-hybridized carbons (Fsp3) is 0.440. The van der Waals surface area contributed by atoms with Gasteiger partial charge >= 0.3 is 0 Å². The number of hydrogen-bond donors (Lipinski definition) is 2. The molecule has 0 aliphatic carbocycles. The summed E-state index contributed by atoms with van der Waals surface area (Å²) in [7, 11) is 0. The number of aliphatic imine (C=N–C) groups is 1. The molecular formula is C25H32N4O2. The zero-order valence-corrected chi connectivity index (χ0v) is 18.6. The second-order valence-electron chi connectivity index (χ2n) is 8.83. The molecule has 0 saturated heterocycles. The normalized spacial score (nSPS) is 19.6. The van der Waals surface area contributed by atoms with E-state index in [0.717, 1.165) is 37.2 Å². The van der Waals surface area contributed by atoms with Gasteiger partial charge in [-0.2, -0.15) is 0 Å². The molecule has 6 heteroatoms. The van der Waals surface area contributed by atoms with Gasteiger partial charge in [0.15, 0.2) is 5.96 Å². The van der Waals surface area contributed by atoms with Crippen molar-refractivity contribution in [3.63, 3.8) is 0 Å². The Hall–Kier alpha value is -3.02. The Balaban J connectivity index is 1.45. The first-order chi connectivity index (χ1) is 14.9. The lowest BCUT2D eigenvalue weighted by Gasteiger charge is -2.38. The molecule has 0 saturated carbocycles. The molecule has 1 amide bonds. The van der Waals surface area contributed by atoms with Crippen LogP contribution in [0.1, 0.15) is 49.9 Å². The van der Waals surface area contributed by atoms with Gasteiger partial charge in [0.2, 0.25) is 5.91 Å². The van der Waals surface area contributed by atoms with Crippen LogP contribution in [-0.4, -0.2) is 42.0 Å². The number of nitrogens with zero attached hydrogens (tertiary/aromatic N) is 2. The van der Waals surface area contributed by atoms with E-state index in [1.54, 1.807) is 0 Å². The summed E-state index contributed by atoms with van der Waals surface area (Å²) < 4.78 is 6.14. The second kappa shape index (κ2) is 9.00. The van der Waals surface area contributed by atoms with E-state index in [0.29, 0.717) is 12.5 Å². The number of fused-ring (bicyclic) bond motifs is 2. The molecule has 2 aliphatic heterocycles. The Morgan fingerprint density at radius 3 is 2.71 bits per heavy atom. The first-order valence-electron chi connectivity index (χ1n) is 11.1. The number of carbonyl (C=O) groups excluding carboxylic acids is 1. The number of rotatable bonds is 4. The van der Waals surface area contributed by atoms with Crippen LogP contribution >= 0.6 is 0 Å². The first kappa shape index (κ1) is 21.2. The molecule has 2 heterocycles. The van der Waals surface area contributed by atoms with Crippen LogP contribution in [0.2, 0.25) is 0 Å². The van der Waals surface area contributed by atoms with Crippen LogP contribution < -0.4 is 15.4 Å². The summed E-state index contributed by atoms with van der Waals surface area (Å²) in [4.78, 5) is 19.4. The molecule has 0 bridgehead atoms. The smallest absolute Gasteiger partial charge is 0.244 e. The number of guanidine groups is 1. The number of nitrogens with one attached hydrogen (secondary N) is 2. The third kappa shape index (κ3) is 5.01. The number of amides is 1. The van der Waals surface area contributed by atoms with Gasteiger partial charge in [-0.1, -0.05) is 42.5 Å².